The average molecular weight is 219 g/mol. The van der Waals surface area contributed by atoms with Crippen LogP contribution in [0.3, 0.4) is 0 Å². The quantitative estimate of drug-likeness (QED) is 0.640. The number of hydrogen-bond donors (Lipinski definition) is 0. The maximum Gasteiger partial charge on any atom is 0.0435 e. The van der Waals surface area contributed by atoms with Crippen molar-refractivity contribution in [3.8, 4) is 0 Å². The highest BCUT2D eigenvalue weighted by molar-refractivity contribution is 5.27. The molecule has 1 aliphatic carbocycles. The Hall–Kier alpha value is -1.11. The molecule has 0 fully saturated rings. The first-order chi connectivity index (χ1) is 7.90. The molecular formula is C15H25N. The van der Waals surface area contributed by atoms with Crippen LogP contribution in [0.1, 0.15) is 50.4 Å². The van der Waals surface area contributed by atoms with E-state index in [4.69, 9.17) is 0 Å². The molecule has 0 unspecified atom stereocenters. The predicted octanol–water partition coefficient (Wildman–Crippen LogP) is 4.35. The van der Waals surface area contributed by atoms with Crippen LogP contribution in [0.4, 0.5) is 0 Å². The van der Waals surface area contributed by atoms with Crippen LogP contribution in [0.15, 0.2) is 25.4 Å². The highest BCUT2D eigenvalue weighted by Crippen LogP contribution is 2.19. The van der Waals surface area contributed by atoms with Crippen molar-refractivity contribution >= 4 is 0 Å². The Morgan fingerprint density at radius 2 is 1.81 bits per heavy atom. The third kappa shape index (κ3) is 4.18. The van der Waals surface area contributed by atoms with E-state index in [0.29, 0.717) is 0 Å². The number of aromatic nitrogens is 1. The molecule has 1 heterocycles. The lowest BCUT2D eigenvalue weighted by atomic mass is 9.95. The van der Waals surface area contributed by atoms with Crippen LogP contribution in [-0.4, -0.2) is 4.98 Å². The van der Waals surface area contributed by atoms with Gasteiger partial charge < -0.3 is 0 Å². The van der Waals surface area contributed by atoms with Gasteiger partial charge in [0.1, 0.15) is 0 Å². The molecule has 90 valence electrons. The molecule has 0 aromatic carbocycles. The van der Waals surface area contributed by atoms with Gasteiger partial charge in [0.15, 0.2) is 0 Å². The Balaban J connectivity index is 0.000000509. The van der Waals surface area contributed by atoms with Crippen molar-refractivity contribution in [2.75, 3.05) is 0 Å². The number of fused-ring (bicyclic) bond motifs is 1. The fourth-order valence-corrected chi connectivity index (χ4v) is 1.83. The number of hydrogen-bond acceptors (Lipinski definition) is 1. The Bertz CT molecular complexity index is 291. The summed E-state index contributed by atoms with van der Waals surface area (Å²) in [5.74, 6) is 0. The van der Waals surface area contributed by atoms with Gasteiger partial charge in [-0.1, -0.05) is 26.8 Å². The molecule has 1 aliphatic rings. The number of aryl methyl sites for hydroxylation is 3. The van der Waals surface area contributed by atoms with E-state index in [0.717, 1.165) is 6.42 Å². The van der Waals surface area contributed by atoms with Gasteiger partial charge in [-0.15, -0.1) is 13.2 Å². The lowest BCUT2D eigenvalue weighted by Crippen LogP contribution is -2.05. The summed E-state index contributed by atoms with van der Waals surface area (Å²) in [7, 11) is 0. The standard InChI is InChI=1S/C11H15N.C2H6.C2H4/c1-2-9-7-10-5-3-4-6-11(10)12-8-9;2*1-2/h7-8H,2-6H2,1H3;1-2H3;1-2H2. The van der Waals surface area contributed by atoms with E-state index in [1.165, 1.54) is 42.5 Å². The lowest BCUT2D eigenvalue weighted by Gasteiger charge is -2.14. The Morgan fingerprint density at radius 3 is 2.44 bits per heavy atom. The van der Waals surface area contributed by atoms with Crippen LogP contribution in [0, 0.1) is 0 Å². The van der Waals surface area contributed by atoms with E-state index in [1.54, 1.807) is 0 Å². The molecular weight excluding hydrogens is 194 g/mol. The van der Waals surface area contributed by atoms with Crippen LogP contribution in [0.25, 0.3) is 0 Å². The molecule has 0 radical (unpaired) electrons. The minimum atomic E-state index is 1.11. The van der Waals surface area contributed by atoms with E-state index in [2.05, 4.69) is 31.1 Å². The lowest BCUT2D eigenvalue weighted by molar-refractivity contribution is 0.666. The van der Waals surface area contributed by atoms with Gasteiger partial charge in [0.25, 0.3) is 0 Å². The molecule has 0 bridgehead atoms. The first kappa shape index (κ1) is 14.9. The summed E-state index contributed by atoms with van der Waals surface area (Å²) >= 11 is 0. The highest BCUT2D eigenvalue weighted by atomic mass is 14.7. The zero-order valence-corrected chi connectivity index (χ0v) is 11.1. The molecule has 0 N–H and O–H groups in total. The Labute approximate surface area is 101 Å². The molecule has 1 aromatic heterocycles. The summed E-state index contributed by atoms with van der Waals surface area (Å²) < 4.78 is 0. The molecule has 0 amide bonds. The van der Waals surface area contributed by atoms with Crippen LogP contribution < -0.4 is 0 Å². The predicted molar refractivity (Wildman–Crippen MR) is 72.9 cm³/mol. The van der Waals surface area contributed by atoms with Gasteiger partial charge in [0.2, 0.25) is 0 Å². The zero-order chi connectivity index (χ0) is 12.4. The summed E-state index contributed by atoms with van der Waals surface area (Å²) in [6.45, 7) is 12.2. The third-order valence-corrected chi connectivity index (χ3v) is 2.63. The molecule has 0 spiro atoms. The maximum absolute atomic E-state index is 4.49. The summed E-state index contributed by atoms with van der Waals surface area (Å²) in [6.07, 6.45) is 8.26. The van der Waals surface area contributed by atoms with Gasteiger partial charge in [-0.3, -0.25) is 4.98 Å². The molecule has 0 aliphatic heterocycles. The van der Waals surface area contributed by atoms with Crippen molar-refractivity contribution in [2.24, 2.45) is 0 Å². The molecule has 0 saturated carbocycles. The van der Waals surface area contributed by atoms with E-state index < -0.39 is 0 Å². The number of pyridine rings is 1. The second-order valence-corrected chi connectivity index (χ2v) is 3.51. The molecule has 16 heavy (non-hydrogen) atoms. The topological polar surface area (TPSA) is 12.9 Å². The van der Waals surface area contributed by atoms with Gasteiger partial charge in [-0.2, -0.15) is 0 Å². The van der Waals surface area contributed by atoms with Gasteiger partial charge in [-0.25, -0.2) is 0 Å². The molecule has 0 saturated heterocycles. The van der Waals surface area contributed by atoms with Crippen LogP contribution >= 0.6 is 0 Å². The maximum atomic E-state index is 4.49. The monoisotopic (exact) mass is 219 g/mol. The summed E-state index contributed by atoms with van der Waals surface area (Å²) in [5, 5.41) is 0. The minimum Gasteiger partial charge on any atom is -0.261 e. The van der Waals surface area contributed by atoms with Crippen molar-refractivity contribution < 1.29 is 0 Å². The van der Waals surface area contributed by atoms with E-state index in [9.17, 15) is 0 Å². The SMILES string of the molecule is C=C.CC.CCc1cnc2c(c1)CCCC2. The Kier molecular flexibility index (Phi) is 8.51. The molecule has 1 aromatic rings. The van der Waals surface area contributed by atoms with Crippen molar-refractivity contribution in [1.82, 2.24) is 4.98 Å². The first-order valence-electron chi connectivity index (χ1n) is 6.37. The minimum absolute atomic E-state index is 1.11. The molecule has 2 rings (SSSR count). The van der Waals surface area contributed by atoms with E-state index in [-0.39, 0.29) is 0 Å². The Morgan fingerprint density at radius 1 is 1.19 bits per heavy atom. The molecule has 1 heteroatoms. The smallest absolute Gasteiger partial charge is 0.0435 e. The third-order valence-electron chi connectivity index (χ3n) is 2.63. The van der Waals surface area contributed by atoms with Crippen LogP contribution in [0.5, 0.6) is 0 Å². The van der Waals surface area contributed by atoms with Crippen molar-refractivity contribution in [1.29, 1.82) is 0 Å². The molecule has 1 nitrogen and oxygen atoms in total. The van der Waals surface area contributed by atoms with Crippen molar-refractivity contribution in [3.05, 3.63) is 42.2 Å². The fraction of sp³-hybridized carbons (Fsp3) is 0.533. The molecule has 0 atom stereocenters. The highest BCUT2D eigenvalue weighted by Gasteiger charge is 2.09. The van der Waals surface area contributed by atoms with Gasteiger partial charge in [0, 0.05) is 11.9 Å². The van der Waals surface area contributed by atoms with Crippen LogP contribution in [0.2, 0.25) is 0 Å². The van der Waals surface area contributed by atoms with E-state index in [1.807, 2.05) is 20.0 Å². The van der Waals surface area contributed by atoms with E-state index >= 15 is 0 Å². The number of rotatable bonds is 1. The van der Waals surface area contributed by atoms with Gasteiger partial charge in [0.05, 0.1) is 0 Å². The second-order valence-electron chi connectivity index (χ2n) is 3.51. The second kappa shape index (κ2) is 9.14. The summed E-state index contributed by atoms with van der Waals surface area (Å²) in [4.78, 5) is 4.49. The average Bonchev–Trinajstić information content (AvgIpc) is 2.42. The van der Waals surface area contributed by atoms with Crippen molar-refractivity contribution in [3.63, 3.8) is 0 Å². The van der Waals surface area contributed by atoms with Crippen LogP contribution in [-0.2, 0) is 19.3 Å². The number of nitrogens with zero attached hydrogens (tertiary/aromatic N) is 1. The largest absolute Gasteiger partial charge is 0.261 e. The van der Waals surface area contributed by atoms with Gasteiger partial charge in [-0.05, 0) is 43.2 Å². The summed E-state index contributed by atoms with van der Waals surface area (Å²) in [6, 6.07) is 2.33. The normalized spacial score (nSPS) is 12.4. The van der Waals surface area contributed by atoms with Gasteiger partial charge >= 0.3 is 0 Å². The zero-order valence-electron chi connectivity index (χ0n) is 11.1. The van der Waals surface area contributed by atoms with Crippen molar-refractivity contribution in [2.45, 2.75) is 52.9 Å². The first-order valence-corrected chi connectivity index (χ1v) is 6.37. The fourth-order valence-electron chi connectivity index (χ4n) is 1.83. The summed E-state index contributed by atoms with van der Waals surface area (Å²) in [5.41, 5.74) is 4.23.